The minimum atomic E-state index is -0.254. The molecule has 3 aromatic carbocycles. The van der Waals surface area contributed by atoms with Crippen LogP contribution < -0.4 is 0 Å². The molecule has 0 spiro atoms. The van der Waals surface area contributed by atoms with E-state index in [4.69, 9.17) is 4.74 Å². The minimum Gasteiger partial charge on any atom is -0.454 e. The van der Waals surface area contributed by atoms with E-state index in [1.54, 1.807) is 0 Å². The predicted molar refractivity (Wildman–Crippen MR) is 143 cm³/mol. The fraction of sp³-hybridized carbons (Fsp3) is 0.406. The van der Waals surface area contributed by atoms with Crippen LogP contribution in [0.1, 0.15) is 98.9 Å². The number of carbonyl (C=O) groups excluding carboxylic acids is 1. The summed E-state index contributed by atoms with van der Waals surface area (Å²) in [4.78, 5) is 12.8. The van der Waals surface area contributed by atoms with Crippen LogP contribution in [0, 0.1) is 0 Å². The Kier molecular flexibility index (Phi) is 10.4. The molecule has 2 heteroatoms. The summed E-state index contributed by atoms with van der Waals surface area (Å²) in [6, 6.07) is 25.2. The van der Waals surface area contributed by atoms with Gasteiger partial charge in [-0.2, -0.15) is 0 Å². The second-order valence-corrected chi connectivity index (χ2v) is 9.23. The Morgan fingerprint density at radius 3 is 1.74 bits per heavy atom. The van der Waals surface area contributed by atoms with Crippen molar-refractivity contribution in [1.82, 2.24) is 0 Å². The second-order valence-electron chi connectivity index (χ2n) is 9.23. The molecule has 3 rings (SSSR count). The molecule has 1 unspecified atom stereocenters. The van der Waals surface area contributed by atoms with Crippen LogP contribution in [-0.2, 0) is 17.6 Å². The van der Waals surface area contributed by atoms with Crippen molar-refractivity contribution in [3.63, 3.8) is 0 Å². The van der Waals surface area contributed by atoms with Crippen LogP contribution in [-0.4, -0.2) is 5.97 Å². The van der Waals surface area contributed by atoms with Crippen molar-refractivity contribution in [3.8, 4) is 11.1 Å². The van der Waals surface area contributed by atoms with Crippen molar-refractivity contribution >= 4 is 5.97 Å². The third-order valence-corrected chi connectivity index (χ3v) is 6.52. The van der Waals surface area contributed by atoms with Gasteiger partial charge in [0.2, 0.25) is 0 Å². The maximum atomic E-state index is 12.8. The molecule has 34 heavy (non-hydrogen) atoms. The SMILES string of the molecule is CCCCCCc1ccc(C(=O)OC(CC)c2ccc(-c3ccc(CCCC)cc3)cc2)cc1. The summed E-state index contributed by atoms with van der Waals surface area (Å²) in [6.45, 7) is 6.51. The van der Waals surface area contributed by atoms with Crippen molar-refractivity contribution < 1.29 is 9.53 Å². The van der Waals surface area contributed by atoms with Crippen LogP contribution in [0.3, 0.4) is 0 Å². The molecule has 0 N–H and O–H groups in total. The van der Waals surface area contributed by atoms with Gasteiger partial charge in [-0.3, -0.25) is 0 Å². The van der Waals surface area contributed by atoms with Crippen molar-refractivity contribution in [3.05, 3.63) is 95.1 Å². The van der Waals surface area contributed by atoms with E-state index in [1.165, 1.54) is 60.8 Å². The van der Waals surface area contributed by atoms with Gasteiger partial charge in [-0.05, 0) is 72.1 Å². The third kappa shape index (κ3) is 7.58. The topological polar surface area (TPSA) is 26.3 Å². The first-order valence-corrected chi connectivity index (χ1v) is 13.1. The maximum Gasteiger partial charge on any atom is 0.338 e. The lowest BCUT2D eigenvalue weighted by Gasteiger charge is -2.17. The highest BCUT2D eigenvalue weighted by Gasteiger charge is 2.16. The number of esters is 1. The van der Waals surface area contributed by atoms with Crippen LogP contribution in [0.4, 0.5) is 0 Å². The van der Waals surface area contributed by atoms with Gasteiger partial charge < -0.3 is 4.74 Å². The zero-order valence-electron chi connectivity index (χ0n) is 21.2. The maximum absolute atomic E-state index is 12.8. The number of hydrogen-bond acceptors (Lipinski definition) is 2. The lowest BCUT2D eigenvalue weighted by molar-refractivity contribution is 0.0288. The van der Waals surface area contributed by atoms with Gasteiger partial charge in [0.25, 0.3) is 0 Å². The smallest absolute Gasteiger partial charge is 0.338 e. The van der Waals surface area contributed by atoms with Crippen molar-refractivity contribution in [1.29, 1.82) is 0 Å². The fourth-order valence-corrected chi connectivity index (χ4v) is 4.28. The molecule has 0 heterocycles. The minimum absolute atomic E-state index is 0.244. The molecule has 1 atom stereocenters. The molecular formula is C32H40O2. The molecule has 0 radical (unpaired) electrons. The first-order valence-electron chi connectivity index (χ1n) is 13.1. The number of aryl methyl sites for hydroxylation is 2. The van der Waals surface area contributed by atoms with Gasteiger partial charge in [0, 0.05) is 0 Å². The summed E-state index contributed by atoms with van der Waals surface area (Å²) < 4.78 is 5.88. The molecule has 0 saturated carbocycles. The Balaban J connectivity index is 1.59. The van der Waals surface area contributed by atoms with E-state index in [0.717, 1.165) is 24.8 Å². The summed E-state index contributed by atoms with van der Waals surface area (Å²) in [5, 5.41) is 0. The van der Waals surface area contributed by atoms with Gasteiger partial charge in [-0.1, -0.05) is 107 Å². The third-order valence-electron chi connectivity index (χ3n) is 6.52. The van der Waals surface area contributed by atoms with E-state index in [2.05, 4.69) is 81.4 Å². The standard InChI is InChI=1S/C32H40O2/c1-4-7-9-10-12-26-15-19-30(20-16-26)32(33)34-31(6-3)29-23-21-28(22-24-29)27-17-13-25(14-18-27)11-8-5-2/h13-24,31H,4-12H2,1-3H3. The molecule has 0 bridgehead atoms. The van der Waals surface area contributed by atoms with Crippen LogP contribution >= 0.6 is 0 Å². The molecule has 0 aliphatic heterocycles. The highest BCUT2D eigenvalue weighted by molar-refractivity contribution is 5.89. The van der Waals surface area contributed by atoms with Gasteiger partial charge in [-0.15, -0.1) is 0 Å². The zero-order valence-corrected chi connectivity index (χ0v) is 21.2. The van der Waals surface area contributed by atoms with Gasteiger partial charge >= 0.3 is 5.97 Å². The number of hydrogen-bond donors (Lipinski definition) is 0. The van der Waals surface area contributed by atoms with Gasteiger partial charge in [0.05, 0.1) is 5.56 Å². The van der Waals surface area contributed by atoms with Gasteiger partial charge in [0.1, 0.15) is 6.10 Å². The molecule has 180 valence electrons. The van der Waals surface area contributed by atoms with E-state index in [9.17, 15) is 4.79 Å². The Hall–Kier alpha value is -2.87. The fourth-order valence-electron chi connectivity index (χ4n) is 4.28. The number of benzene rings is 3. The molecule has 0 amide bonds. The highest BCUT2D eigenvalue weighted by Crippen LogP contribution is 2.27. The molecule has 0 saturated heterocycles. The van der Waals surface area contributed by atoms with E-state index < -0.39 is 0 Å². The first kappa shape index (κ1) is 25.7. The Morgan fingerprint density at radius 2 is 1.18 bits per heavy atom. The van der Waals surface area contributed by atoms with E-state index in [0.29, 0.717) is 5.56 Å². The number of ether oxygens (including phenoxy) is 1. The van der Waals surface area contributed by atoms with Crippen molar-refractivity contribution in [2.45, 2.75) is 84.7 Å². The van der Waals surface area contributed by atoms with Gasteiger partial charge in [0.15, 0.2) is 0 Å². The lowest BCUT2D eigenvalue weighted by atomic mass is 9.99. The average molecular weight is 457 g/mol. The van der Waals surface area contributed by atoms with Crippen LogP contribution in [0.25, 0.3) is 11.1 Å². The van der Waals surface area contributed by atoms with Crippen molar-refractivity contribution in [2.24, 2.45) is 0 Å². The Labute approximate surface area is 206 Å². The normalized spacial score (nSPS) is 11.9. The summed E-state index contributed by atoms with van der Waals surface area (Å²) in [6.07, 6.45) is 10.2. The van der Waals surface area contributed by atoms with Crippen molar-refractivity contribution in [2.75, 3.05) is 0 Å². The molecule has 0 aliphatic rings. The highest BCUT2D eigenvalue weighted by atomic mass is 16.5. The largest absolute Gasteiger partial charge is 0.454 e. The molecule has 0 aliphatic carbocycles. The van der Waals surface area contributed by atoms with E-state index >= 15 is 0 Å². The van der Waals surface area contributed by atoms with Crippen LogP contribution in [0.2, 0.25) is 0 Å². The predicted octanol–water partition coefficient (Wildman–Crippen LogP) is 9.13. The summed E-state index contributed by atoms with van der Waals surface area (Å²) in [5.41, 5.74) is 6.73. The number of rotatable bonds is 13. The lowest BCUT2D eigenvalue weighted by Crippen LogP contribution is -2.11. The summed E-state index contributed by atoms with van der Waals surface area (Å²) in [5.74, 6) is -0.254. The van der Waals surface area contributed by atoms with Crippen LogP contribution in [0.5, 0.6) is 0 Å². The number of carbonyl (C=O) groups is 1. The van der Waals surface area contributed by atoms with Crippen LogP contribution in [0.15, 0.2) is 72.8 Å². The Morgan fingerprint density at radius 1 is 0.647 bits per heavy atom. The second kappa shape index (κ2) is 13.7. The molecule has 0 aromatic heterocycles. The summed E-state index contributed by atoms with van der Waals surface area (Å²) >= 11 is 0. The monoisotopic (exact) mass is 456 g/mol. The van der Waals surface area contributed by atoms with E-state index in [1.807, 2.05) is 12.1 Å². The molecule has 2 nitrogen and oxygen atoms in total. The molecule has 0 fully saturated rings. The molecule has 3 aromatic rings. The summed E-state index contributed by atoms with van der Waals surface area (Å²) in [7, 11) is 0. The quantitative estimate of drug-likeness (QED) is 0.189. The average Bonchev–Trinajstić information content (AvgIpc) is 2.89. The zero-order chi connectivity index (χ0) is 24.2. The van der Waals surface area contributed by atoms with E-state index in [-0.39, 0.29) is 12.1 Å². The Bertz CT molecular complexity index is 985. The molecular weight excluding hydrogens is 416 g/mol. The van der Waals surface area contributed by atoms with Gasteiger partial charge in [-0.25, -0.2) is 4.79 Å². The number of unbranched alkanes of at least 4 members (excludes halogenated alkanes) is 4. The first-order chi connectivity index (χ1) is 16.6.